The minimum atomic E-state index is -0.790. The highest BCUT2D eigenvalue weighted by Gasteiger charge is 2.25. The second kappa shape index (κ2) is 8.21. The van der Waals surface area contributed by atoms with Crippen molar-refractivity contribution in [3.05, 3.63) is 16.1 Å². The second-order valence-corrected chi connectivity index (χ2v) is 6.06. The van der Waals surface area contributed by atoms with Gasteiger partial charge in [0.25, 0.3) is 0 Å². The summed E-state index contributed by atoms with van der Waals surface area (Å²) in [6, 6.07) is -0.247. The third-order valence-corrected chi connectivity index (χ3v) is 4.20. The van der Waals surface area contributed by atoms with Gasteiger partial charge in [0.05, 0.1) is 23.4 Å². The third-order valence-electron chi connectivity index (χ3n) is 3.26. The van der Waals surface area contributed by atoms with Gasteiger partial charge in [0, 0.05) is 11.4 Å². The number of hydrogen-bond donors (Lipinski definition) is 3. The maximum absolute atomic E-state index is 11.8. The van der Waals surface area contributed by atoms with Crippen molar-refractivity contribution >= 4 is 17.4 Å². The molecule has 6 heteroatoms. The summed E-state index contributed by atoms with van der Waals surface area (Å²) >= 11 is 1.53. The van der Waals surface area contributed by atoms with Crippen LogP contribution in [0.1, 0.15) is 50.1 Å². The van der Waals surface area contributed by atoms with Crippen molar-refractivity contribution in [2.75, 3.05) is 6.54 Å². The zero-order valence-electron chi connectivity index (χ0n) is 12.5. The van der Waals surface area contributed by atoms with Crippen LogP contribution in [-0.4, -0.2) is 28.3 Å². The van der Waals surface area contributed by atoms with Crippen LogP contribution in [0.3, 0.4) is 0 Å². The van der Waals surface area contributed by atoms with Gasteiger partial charge in [0.1, 0.15) is 0 Å². The maximum Gasteiger partial charge on any atom is 0.315 e. The molecule has 114 valence electrons. The Morgan fingerprint density at radius 1 is 1.35 bits per heavy atom. The SMILES string of the molecule is CCCC(O)(CCC)CNC(=O)NCc1scnc1C. The first-order chi connectivity index (χ1) is 9.50. The fourth-order valence-electron chi connectivity index (χ4n) is 2.20. The molecule has 0 saturated heterocycles. The van der Waals surface area contributed by atoms with Gasteiger partial charge < -0.3 is 15.7 Å². The molecule has 1 rings (SSSR count). The number of rotatable bonds is 8. The van der Waals surface area contributed by atoms with Gasteiger partial charge in [-0.05, 0) is 19.8 Å². The molecule has 3 N–H and O–H groups in total. The first-order valence-electron chi connectivity index (χ1n) is 7.13. The fourth-order valence-corrected chi connectivity index (χ4v) is 2.91. The normalized spacial score (nSPS) is 11.4. The molecule has 0 saturated carbocycles. The average Bonchev–Trinajstić information content (AvgIpc) is 2.80. The highest BCUT2D eigenvalue weighted by Crippen LogP contribution is 2.18. The number of aromatic nitrogens is 1. The van der Waals surface area contributed by atoms with Crippen molar-refractivity contribution in [1.29, 1.82) is 0 Å². The Labute approximate surface area is 124 Å². The Bertz CT molecular complexity index is 414. The van der Waals surface area contributed by atoms with Gasteiger partial charge in [-0.3, -0.25) is 0 Å². The van der Waals surface area contributed by atoms with Crippen molar-refractivity contribution in [3.63, 3.8) is 0 Å². The summed E-state index contributed by atoms with van der Waals surface area (Å²) < 4.78 is 0. The molecule has 0 fully saturated rings. The summed E-state index contributed by atoms with van der Waals surface area (Å²) in [6.45, 7) is 6.76. The molecule has 0 unspecified atom stereocenters. The quantitative estimate of drug-likeness (QED) is 0.690. The zero-order valence-corrected chi connectivity index (χ0v) is 13.3. The lowest BCUT2D eigenvalue weighted by Crippen LogP contribution is -2.46. The van der Waals surface area contributed by atoms with E-state index in [0.717, 1.165) is 23.4 Å². The van der Waals surface area contributed by atoms with Crippen LogP contribution in [0.15, 0.2) is 5.51 Å². The van der Waals surface area contributed by atoms with Gasteiger partial charge in [-0.15, -0.1) is 11.3 Å². The van der Waals surface area contributed by atoms with Gasteiger partial charge in [0.15, 0.2) is 0 Å². The molecule has 0 aliphatic heterocycles. The lowest BCUT2D eigenvalue weighted by atomic mass is 9.93. The Balaban J connectivity index is 2.36. The summed E-state index contributed by atoms with van der Waals surface area (Å²) in [4.78, 5) is 16.9. The molecule has 0 bridgehead atoms. The van der Waals surface area contributed by atoms with Crippen molar-refractivity contribution in [2.24, 2.45) is 0 Å². The van der Waals surface area contributed by atoms with Crippen LogP contribution < -0.4 is 10.6 Å². The predicted molar refractivity (Wildman–Crippen MR) is 81.9 cm³/mol. The second-order valence-electron chi connectivity index (χ2n) is 5.12. The van der Waals surface area contributed by atoms with E-state index in [1.165, 1.54) is 11.3 Å². The van der Waals surface area contributed by atoms with E-state index in [0.29, 0.717) is 25.9 Å². The number of carbonyl (C=O) groups excluding carboxylic acids is 1. The van der Waals surface area contributed by atoms with Crippen molar-refractivity contribution < 1.29 is 9.90 Å². The first-order valence-corrected chi connectivity index (χ1v) is 8.01. The van der Waals surface area contributed by atoms with Crippen LogP contribution >= 0.6 is 11.3 Å². The van der Waals surface area contributed by atoms with E-state index in [4.69, 9.17) is 0 Å². The van der Waals surface area contributed by atoms with Crippen LogP contribution in [0.2, 0.25) is 0 Å². The van der Waals surface area contributed by atoms with Gasteiger partial charge >= 0.3 is 6.03 Å². The van der Waals surface area contributed by atoms with E-state index in [2.05, 4.69) is 15.6 Å². The minimum absolute atomic E-state index is 0.247. The van der Waals surface area contributed by atoms with Gasteiger partial charge in [-0.25, -0.2) is 9.78 Å². The zero-order chi connectivity index (χ0) is 15.0. The molecule has 0 aliphatic carbocycles. The Kier molecular flexibility index (Phi) is 6.95. The molecule has 0 atom stereocenters. The lowest BCUT2D eigenvalue weighted by molar-refractivity contribution is 0.0241. The molecular weight excluding hydrogens is 274 g/mol. The molecule has 5 nitrogen and oxygen atoms in total. The number of hydrogen-bond acceptors (Lipinski definition) is 4. The average molecular weight is 299 g/mol. The first kappa shape index (κ1) is 16.9. The maximum atomic E-state index is 11.8. The topological polar surface area (TPSA) is 74.2 Å². The van der Waals surface area contributed by atoms with Crippen molar-refractivity contribution in [3.8, 4) is 0 Å². The van der Waals surface area contributed by atoms with Crippen molar-refractivity contribution in [2.45, 2.75) is 58.6 Å². The Morgan fingerprint density at radius 3 is 2.50 bits per heavy atom. The Morgan fingerprint density at radius 2 is 2.00 bits per heavy atom. The van der Waals surface area contributed by atoms with Crippen LogP contribution in [0.25, 0.3) is 0 Å². The number of amides is 2. The number of thiazole rings is 1. The molecule has 0 radical (unpaired) electrons. The summed E-state index contributed by atoms with van der Waals surface area (Å²) in [5, 5.41) is 16.0. The van der Waals surface area contributed by atoms with Crippen LogP contribution in [0.5, 0.6) is 0 Å². The molecule has 1 heterocycles. The number of carbonyl (C=O) groups is 1. The van der Waals surface area contributed by atoms with E-state index in [-0.39, 0.29) is 6.03 Å². The Hall–Kier alpha value is -1.14. The summed E-state index contributed by atoms with van der Waals surface area (Å²) in [6.07, 6.45) is 3.21. The molecule has 1 aromatic heterocycles. The van der Waals surface area contributed by atoms with Crippen LogP contribution in [0, 0.1) is 6.92 Å². The number of urea groups is 1. The van der Waals surface area contributed by atoms with E-state index < -0.39 is 5.60 Å². The monoisotopic (exact) mass is 299 g/mol. The smallest absolute Gasteiger partial charge is 0.315 e. The molecular formula is C14H25N3O2S. The lowest BCUT2D eigenvalue weighted by Gasteiger charge is -2.27. The molecule has 0 aliphatic rings. The highest BCUT2D eigenvalue weighted by molar-refractivity contribution is 7.09. The van der Waals surface area contributed by atoms with Gasteiger partial charge in [-0.1, -0.05) is 26.7 Å². The van der Waals surface area contributed by atoms with Crippen LogP contribution in [0.4, 0.5) is 4.79 Å². The third kappa shape index (κ3) is 5.46. The number of aliphatic hydroxyl groups is 1. The molecule has 0 aromatic carbocycles. The minimum Gasteiger partial charge on any atom is -0.388 e. The van der Waals surface area contributed by atoms with E-state index >= 15 is 0 Å². The highest BCUT2D eigenvalue weighted by atomic mass is 32.1. The fraction of sp³-hybridized carbons (Fsp3) is 0.714. The van der Waals surface area contributed by atoms with E-state index in [9.17, 15) is 9.90 Å². The van der Waals surface area contributed by atoms with E-state index in [1.807, 2.05) is 20.8 Å². The number of nitrogens with zero attached hydrogens (tertiary/aromatic N) is 1. The molecule has 2 amide bonds. The van der Waals surface area contributed by atoms with Crippen molar-refractivity contribution in [1.82, 2.24) is 15.6 Å². The molecule has 1 aromatic rings. The summed E-state index contributed by atoms with van der Waals surface area (Å²) in [5.41, 5.74) is 1.93. The van der Waals surface area contributed by atoms with Crippen LogP contribution in [-0.2, 0) is 6.54 Å². The number of nitrogens with one attached hydrogen (secondary N) is 2. The van der Waals surface area contributed by atoms with Gasteiger partial charge in [0.2, 0.25) is 0 Å². The summed E-state index contributed by atoms with van der Waals surface area (Å²) in [7, 11) is 0. The standard InChI is InChI=1S/C14H25N3O2S/c1-4-6-14(19,7-5-2)9-16-13(18)15-8-12-11(3)17-10-20-12/h10,19H,4-9H2,1-3H3,(H2,15,16,18). The molecule has 0 spiro atoms. The van der Waals surface area contributed by atoms with E-state index in [1.54, 1.807) is 5.51 Å². The molecule has 20 heavy (non-hydrogen) atoms. The summed E-state index contributed by atoms with van der Waals surface area (Å²) in [5.74, 6) is 0. The largest absolute Gasteiger partial charge is 0.388 e. The number of aryl methyl sites for hydroxylation is 1. The van der Waals surface area contributed by atoms with Gasteiger partial charge in [-0.2, -0.15) is 0 Å². The predicted octanol–water partition coefficient (Wildman–Crippen LogP) is 2.58.